The highest BCUT2D eigenvalue weighted by Gasteiger charge is 1.93. The summed E-state index contributed by atoms with van der Waals surface area (Å²) in [4.78, 5) is 4.22. The van der Waals surface area contributed by atoms with E-state index in [0.717, 1.165) is 31.0 Å². The van der Waals surface area contributed by atoms with Gasteiger partial charge in [-0.1, -0.05) is 6.08 Å². The van der Waals surface area contributed by atoms with Gasteiger partial charge in [-0.15, -0.1) is 11.3 Å². The van der Waals surface area contributed by atoms with Crippen molar-refractivity contribution >= 4 is 17.4 Å². The molecule has 0 saturated carbocycles. The Morgan fingerprint density at radius 2 is 2.50 bits per heavy atom. The molecule has 0 saturated heterocycles. The van der Waals surface area contributed by atoms with Crippen LogP contribution >= 0.6 is 11.3 Å². The van der Waals surface area contributed by atoms with Crippen molar-refractivity contribution in [3.63, 3.8) is 0 Å². The van der Waals surface area contributed by atoms with Crippen LogP contribution in [0.2, 0.25) is 0 Å². The first-order chi connectivity index (χ1) is 7.95. The highest BCUT2D eigenvalue weighted by Crippen LogP contribution is 2.02. The van der Waals surface area contributed by atoms with Gasteiger partial charge in [-0.2, -0.15) is 0 Å². The van der Waals surface area contributed by atoms with Crippen LogP contribution in [0.25, 0.3) is 6.08 Å². The molecule has 0 unspecified atom stereocenters. The molecular weight excluding hydrogens is 220 g/mol. The summed E-state index contributed by atoms with van der Waals surface area (Å²) < 4.78 is 5.18. The van der Waals surface area contributed by atoms with Crippen molar-refractivity contribution in [2.24, 2.45) is 0 Å². The molecule has 2 aromatic rings. The van der Waals surface area contributed by atoms with Crippen molar-refractivity contribution in [2.45, 2.75) is 6.42 Å². The Morgan fingerprint density at radius 3 is 3.25 bits per heavy atom. The zero-order valence-corrected chi connectivity index (χ0v) is 9.74. The fourth-order valence-corrected chi connectivity index (χ4v) is 1.92. The fourth-order valence-electron chi connectivity index (χ4n) is 1.32. The third kappa shape index (κ3) is 3.64. The molecule has 2 rings (SSSR count). The van der Waals surface area contributed by atoms with Crippen molar-refractivity contribution in [2.75, 3.05) is 13.1 Å². The molecule has 16 heavy (non-hydrogen) atoms. The van der Waals surface area contributed by atoms with Gasteiger partial charge < -0.3 is 9.73 Å². The monoisotopic (exact) mass is 234 g/mol. The van der Waals surface area contributed by atoms with Crippen molar-refractivity contribution in [3.05, 3.63) is 46.8 Å². The molecule has 2 heterocycles. The lowest BCUT2D eigenvalue weighted by Gasteiger charge is -1.98. The number of hydrogen-bond donors (Lipinski definition) is 1. The predicted molar refractivity (Wildman–Crippen MR) is 66.4 cm³/mol. The van der Waals surface area contributed by atoms with Crippen LogP contribution in [-0.2, 0) is 6.42 Å². The summed E-state index contributed by atoms with van der Waals surface area (Å²) in [5.41, 5.74) is 3.03. The first kappa shape index (κ1) is 11.1. The minimum Gasteiger partial charge on any atom is -0.465 e. The fraction of sp³-hybridized carbons (Fsp3) is 0.250. The molecule has 0 amide bonds. The van der Waals surface area contributed by atoms with E-state index in [-0.39, 0.29) is 0 Å². The highest BCUT2D eigenvalue weighted by molar-refractivity contribution is 7.07. The smallest absolute Gasteiger partial charge is 0.126 e. The third-order valence-corrected chi connectivity index (χ3v) is 2.76. The first-order valence-corrected chi connectivity index (χ1v) is 6.17. The van der Waals surface area contributed by atoms with Crippen molar-refractivity contribution in [1.29, 1.82) is 0 Å². The number of nitrogens with zero attached hydrogens (tertiary/aromatic N) is 1. The molecule has 0 spiro atoms. The van der Waals surface area contributed by atoms with Gasteiger partial charge in [0, 0.05) is 24.9 Å². The van der Waals surface area contributed by atoms with Crippen LogP contribution in [0.4, 0.5) is 0 Å². The number of thiazole rings is 1. The summed E-state index contributed by atoms with van der Waals surface area (Å²) in [5, 5.41) is 5.41. The van der Waals surface area contributed by atoms with Crippen molar-refractivity contribution < 1.29 is 4.42 Å². The van der Waals surface area contributed by atoms with E-state index in [2.05, 4.69) is 21.8 Å². The quantitative estimate of drug-likeness (QED) is 0.781. The SMILES string of the molecule is C(=C\c1ccco1)/CNCCc1cscn1. The zero-order chi connectivity index (χ0) is 11.1. The number of furan rings is 1. The maximum atomic E-state index is 5.18. The Bertz CT molecular complexity index is 406. The number of nitrogens with one attached hydrogen (secondary N) is 1. The second kappa shape index (κ2) is 6.25. The normalized spacial score (nSPS) is 11.2. The van der Waals surface area contributed by atoms with Crippen LogP contribution in [0, 0.1) is 0 Å². The summed E-state index contributed by atoms with van der Waals surface area (Å²) in [5.74, 6) is 0.890. The summed E-state index contributed by atoms with van der Waals surface area (Å²) in [6, 6.07) is 3.82. The van der Waals surface area contributed by atoms with E-state index in [9.17, 15) is 0 Å². The largest absolute Gasteiger partial charge is 0.465 e. The Balaban J connectivity index is 1.59. The van der Waals surface area contributed by atoms with E-state index in [0.29, 0.717) is 0 Å². The Kier molecular flexibility index (Phi) is 4.34. The minimum absolute atomic E-state index is 0.852. The average Bonchev–Trinajstić information content (AvgIpc) is 2.96. The molecule has 0 atom stereocenters. The van der Waals surface area contributed by atoms with E-state index in [4.69, 9.17) is 4.42 Å². The summed E-state index contributed by atoms with van der Waals surface area (Å²) in [6.45, 7) is 1.80. The molecule has 3 nitrogen and oxygen atoms in total. The van der Waals surface area contributed by atoms with Gasteiger partial charge >= 0.3 is 0 Å². The van der Waals surface area contributed by atoms with Crippen LogP contribution in [-0.4, -0.2) is 18.1 Å². The lowest BCUT2D eigenvalue weighted by molar-refractivity contribution is 0.556. The molecular formula is C12H14N2OS. The predicted octanol–water partition coefficient (Wildman–Crippen LogP) is 2.58. The number of hydrogen-bond acceptors (Lipinski definition) is 4. The van der Waals surface area contributed by atoms with Gasteiger partial charge in [0.25, 0.3) is 0 Å². The van der Waals surface area contributed by atoms with Gasteiger partial charge in [0.15, 0.2) is 0 Å². The molecule has 0 radical (unpaired) electrons. The molecule has 0 aliphatic carbocycles. The maximum absolute atomic E-state index is 5.18. The van der Waals surface area contributed by atoms with Crippen LogP contribution in [0.3, 0.4) is 0 Å². The minimum atomic E-state index is 0.852. The molecule has 84 valence electrons. The highest BCUT2D eigenvalue weighted by atomic mass is 32.1. The lowest BCUT2D eigenvalue weighted by Crippen LogP contribution is -2.16. The Hall–Kier alpha value is -1.39. The molecule has 0 bridgehead atoms. The third-order valence-electron chi connectivity index (χ3n) is 2.13. The van der Waals surface area contributed by atoms with Gasteiger partial charge in [-0.3, -0.25) is 0 Å². The van der Waals surface area contributed by atoms with Crippen molar-refractivity contribution in [1.82, 2.24) is 10.3 Å². The van der Waals surface area contributed by atoms with Gasteiger partial charge in [0.05, 0.1) is 17.5 Å². The summed E-state index contributed by atoms with van der Waals surface area (Å²) in [7, 11) is 0. The van der Waals surface area contributed by atoms with Crippen LogP contribution in [0.1, 0.15) is 11.5 Å². The summed E-state index contributed by atoms with van der Waals surface area (Å²) >= 11 is 1.64. The second-order valence-electron chi connectivity index (χ2n) is 3.35. The van der Waals surface area contributed by atoms with Gasteiger partial charge in [0.1, 0.15) is 5.76 Å². The van der Waals surface area contributed by atoms with E-state index in [1.54, 1.807) is 17.6 Å². The van der Waals surface area contributed by atoms with E-state index in [1.807, 2.05) is 23.7 Å². The Labute approximate surface area is 98.8 Å². The Morgan fingerprint density at radius 1 is 1.50 bits per heavy atom. The standard InChI is InChI=1S/C12H14N2OS/c1(3-12-4-2-8-15-12)6-13-7-5-11-9-16-10-14-11/h1-4,8-10,13H,5-7H2/b3-1+. The molecule has 1 N–H and O–H groups in total. The number of aromatic nitrogens is 1. The maximum Gasteiger partial charge on any atom is 0.126 e. The van der Waals surface area contributed by atoms with Crippen LogP contribution in [0.15, 0.2) is 39.8 Å². The van der Waals surface area contributed by atoms with Crippen molar-refractivity contribution in [3.8, 4) is 0 Å². The lowest BCUT2D eigenvalue weighted by atomic mass is 10.3. The molecule has 2 aromatic heterocycles. The van der Waals surface area contributed by atoms with Gasteiger partial charge in [-0.25, -0.2) is 4.98 Å². The number of rotatable bonds is 6. The topological polar surface area (TPSA) is 38.1 Å². The van der Waals surface area contributed by atoms with E-state index in [1.165, 1.54) is 0 Å². The van der Waals surface area contributed by atoms with Crippen LogP contribution in [0.5, 0.6) is 0 Å². The molecule has 0 aliphatic rings. The molecule has 0 aliphatic heterocycles. The first-order valence-electron chi connectivity index (χ1n) is 5.23. The molecule has 4 heteroatoms. The van der Waals surface area contributed by atoms with Crippen LogP contribution < -0.4 is 5.32 Å². The van der Waals surface area contributed by atoms with E-state index >= 15 is 0 Å². The van der Waals surface area contributed by atoms with Gasteiger partial charge in [0.2, 0.25) is 0 Å². The molecule has 0 fully saturated rings. The zero-order valence-electron chi connectivity index (χ0n) is 8.93. The molecule has 0 aromatic carbocycles. The van der Waals surface area contributed by atoms with Gasteiger partial charge in [-0.05, 0) is 18.2 Å². The summed E-state index contributed by atoms with van der Waals surface area (Å²) in [6.07, 6.45) is 6.68. The van der Waals surface area contributed by atoms with E-state index < -0.39 is 0 Å². The average molecular weight is 234 g/mol. The second-order valence-corrected chi connectivity index (χ2v) is 4.07.